The average Bonchev–Trinajstić information content (AvgIpc) is 2.55. The summed E-state index contributed by atoms with van der Waals surface area (Å²) >= 11 is 0. The maximum absolute atomic E-state index is 11.2. The molecule has 2 heteroatoms. The summed E-state index contributed by atoms with van der Waals surface area (Å²) in [6.45, 7) is 0. The molecule has 0 aliphatic heterocycles. The topological polar surface area (TPSA) is 37.3 Å². The fourth-order valence-corrected chi connectivity index (χ4v) is 2.27. The van der Waals surface area contributed by atoms with Gasteiger partial charge in [-0.2, -0.15) is 0 Å². The van der Waals surface area contributed by atoms with Gasteiger partial charge >= 0.3 is 5.97 Å². The predicted octanol–water partition coefficient (Wildman–Crippen LogP) is 2.56. The van der Waals surface area contributed by atoms with E-state index in [9.17, 15) is 9.90 Å². The summed E-state index contributed by atoms with van der Waals surface area (Å²) in [4.78, 5) is 11.2. The zero-order chi connectivity index (χ0) is 11.3. The zero-order valence-corrected chi connectivity index (χ0v) is 7.97. The lowest BCUT2D eigenvalue weighted by atomic mass is 10.0. The van der Waals surface area contributed by atoms with Crippen LogP contribution in [-0.4, -0.2) is 11.1 Å². The first kappa shape index (κ1) is 7.46. The Morgan fingerprint density at radius 2 is 2.07 bits per heavy atom. The monoisotopic (exact) mass is 199 g/mol. The fraction of sp³-hybridized carbons (Fsp3) is 0.154. The van der Waals surface area contributed by atoms with Crippen LogP contribution >= 0.6 is 0 Å². The molecule has 1 aliphatic rings. The molecular formula is C13H10O2. The molecule has 2 aromatic carbocycles. The van der Waals surface area contributed by atoms with Gasteiger partial charge in [-0.05, 0) is 28.3 Å². The molecule has 2 nitrogen and oxygen atoms in total. The first-order chi connectivity index (χ1) is 7.70. The molecule has 0 saturated carbocycles. The second-order valence-corrected chi connectivity index (χ2v) is 3.78. The third-order valence-electron chi connectivity index (χ3n) is 2.92. The highest BCUT2D eigenvalue weighted by Gasteiger charge is 2.29. The van der Waals surface area contributed by atoms with E-state index in [1.807, 2.05) is 36.4 Å². The van der Waals surface area contributed by atoms with Crippen molar-refractivity contribution in [2.24, 2.45) is 0 Å². The Bertz CT molecular complexity index is 586. The van der Waals surface area contributed by atoms with Gasteiger partial charge in [-0.15, -0.1) is 0 Å². The highest BCUT2D eigenvalue weighted by Crippen LogP contribution is 2.38. The molecule has 0 heterocycles. The Balaban J connectivity index is 2.39. The normalized spacial score (nSPS) is 24.1. The van der Waals surface area contributed by atoms with E-state index in [4.69, 9.17) is 1.37 Å². The van der Waals surface area contributed by atoms with Gasteiger partial charge in [0.05, 0.1) is 5.92 Å². The van der Waals surface area contributed by atoms with E-state index in [0.29, 0.717) is 0 Å². The summed E-state index contributed by atoms with van der Waals surface area (Å²) in [6, 6.07) is 11.3. The SMILES string of the molecule is [2H][C@@H]1c2cccc3cccc(c23)[C@@H]1C(=O)O. The number of carboxylic acid groups (broad SMARTS) is 1. The fourth-order valence-electron chi connectivity index (χ4n) is 2.27. The number of carbonyl (C=O) groups is 1. The predicted molar refractivity (Wildman–Crippen MR) is 58.0 cm³/mol. The van der Waals surface area contributed by atoms with Crippen LogP contribution in [0, 0.1) is 0 Å². The van der Waals surface area contributed by atoms with Crippen molar-refractivity contribution in [3.05, 3.63) is 47.5 Å². The lowest BCUT2D eigenvalue weighted by Gasteiger charge is -2.04. The van der Waals surface area contributed by atoms with E-state index in [-0.39, 0.29) is 0 Å². The molecular weight excluding hydrogens is 188 g/mol. The number of rotatable bonds is 1. The van der Waals surface area contributed by atoms with Crippen molar-refractivity contribution >= 4 is 16.7 Å². The molecule has 0 spiro atoms. The van der Waals surface area contributed by atoms with Crippen LogP contribution in [0.3, 0.4) is 0 Å². The number of aliphatic carboxylic acids is 1. The van der Waals surface area contributed by atoms with E-state index in [2.05, 4.69) is 0 Å². The van der Waals surface area contributed by atoms with Crippen LogP contribution in [-0.2, 0) is 11.2 Å². The zero-order valence-electron chi connectivity index (χ0n) is 8.97. The van der Waals surface area contributed by atoms with Crippen molar-refractivity contribution in [1.82, 2.24) is 0 Å². The minimum Gasteiger partial charge on any atom is -0.481 e. The Morgan fingerprint density at radius 1 is 1.33 bits per heavy atom. The third kappa shape index (κ3) is 1.08. The summed E-state index contributed by atoms with van der Waals surface area (Å²) < 4.78 is 8.01. The van der Waals surface area contributed by atoms with Gasteiger partial charge in [0.25, 0.3) is 0 Å². The van der Waals surface area contributed by atoms with Crippen LogP contribution in [0.25, 0.3) is 10.8 Å². The van der Waals surface area contributed by atoms with Crippen LogP contribution in [0.2, 0.25) is 0 Å². The van der Waals surface area contributed by atoms with Crippen LogP contribution in [0.15, 0.2) is 36.4 Å². The third-order valence-corrected chi connectivity index (χ3v) is 2.92. The Morgan fingerprint density at radius 3 is 2.80 bits per heavy atom. The quantitative estimate of drug-likeness (QED) is 0.766. The smallest absolute Gasteiger partial charge is 0.311 e. The molecule has 74 valence electrons. The van der Waals surface area contributed by atoms with E-state index in [1.165, 1.54) is 0 Å². The summed E-state index contributed by atoms with van der Waals surface area (Å²) in [5.74, 6) is -1.63. The van der Waals surface area contributed by atoms with Crippen molar-refractivity contribution in [3.63, 3.8) is 0 Å². The number of hydrogen-bond donors (Lipinski definition) is 1. The molecule has 0 saturated heterocycles. The van der Waals surface area contributed by atoms with Gasteiger partial charge in [0, 0.05) is 1.37 Å². The molecule has 0 aromatic heterocycles. The van der Waals surface area contributed by atoms with Gasteiger partial charge < -0.3 is 5.11 Å². The second-order valence-electron chi connectivity index (χ2n) is 3.78. The summed E-state index contributed by atoms with van der Waals surface area (Å²) in [5, 5.41) is 11.2. The van der Waals surface area contributed by atoms with Gasteiger partial charge in [0.2, 0.25) is 0 Å². The van der Waals surface area contributed by atoms with E-state index in [0.717, 1.165) is 21.9 Å². The molecule has 3 rings (SSSR count). The molecule has 1 N–H and O–H groups in total. The highest BCUT2D eigenvalue weighted by molar-refractivity contribution is 5.96. The summed E-state index contributed by atoms with van der Waals surface area (Å²) in [5.41, 5.74) is 1.61. The van der Waals surface area contributed by atoms with Crippen molar-refractivity contribution in [1.29, 1.82) is 0 Å². The van der Waals surface area contributed by atoms with E-state index < -0.39 is 18.3 Å². The molecule has 0 fully saturated rings. The molecule has 2 aromatic rings. The standard InChI is InChI=1S/C13H10O2/c14-13(15)11-7-9-5-1-3-8-4-2-6-10(11)12(8)9/h1-6,11H,7H2,(H,14,15)/t11-/m1/s1/i7D/t7-,11-. The first-order valence-electron chi connectivity index (χ1n) is 5.44. The van der Waals surface area contributed by atoms with Gasteiger partial charge in [0.15, 0.2) is 0 Å². The Kier molecular flexibility index (Phi) is 1.41. The van der Waals surface area contributed by atoms with Gasteiger partial charge in [-0.25, -0.2) is 0 Å². The van der Waals surface area contributed by atoms with E-state index in [1.54, 1.807) is 0 Å². The maximum Gasteiger partial charge on any atom is 0.311 e. The molecule has 0 amide bonds. The molecule has 2 atom stereocenters. The van der Waals surface area contributed by atoms with Crippen molar-refractivity contribution in [2.75, 3.05) is 0 Å². The summed E-state index contributed by atoms with van der Waals surface area (Å²) in [6.07, 6.45) is -0.682. The Labute approximate surface area is 88.6 Å². The van der Waals surface area contributed by atoms with Gasteiger partial charge in [-0.3, -0.25) is 4.79 Å². The Hall–Kier alpha value is -1.83. The maximum atomic E-state index is 11.2. The molecule has 0 bridgehead atoms. The van der Waals surface area contributed by atoms with Crippen LogP contribution in [0.4, 0.5) is 0 Å². The van der Waals surface area contributed by atoms with Gasteiger partial charge in [0.1, 0.15) is 0 Å². The minimum absolute atomic E-state index is 0.682. The van der Waals surface area contributed by atoms with Crippen molar-refractivity contribution in [2.45, 2.75) is 12.3 Å². The van der Waals surface area contributed by atoms with Crippen molar-refractivity contribution in [3.8, 4) is 0 Å². The van der Waals surface area contributed by atoms with Crippen LogP contribution in [0.1, 0.15) is 18.4 Å². The van der Waals surface area contributed by atoms with E-state index >= 15 is 0 Å². The molecule has 15 heavy (non-hydrogen) atoms. The second kappa shape index (κ2) is 2.83. The largest absolute Gasteiger partial charge is 0.481 e. The highest BCUT2D eigenvalue weighted by atomic mass is 16.4. The first-order valence-corrected chi connectivity index (χ1v) is 4.87. The number of carboxylic acids is 1. The number of hydrogen-bond acceptors (Lipinski definition) is 1. The summed E-state index contributed by atoms with van der Waals surface area (Å²) in [7, 11) is 0. The number of benzene rings is 2. The molecule has 0 unspecified atom stereocenters. The van der Waals surface area contributed by atoms with Crippen molar-refractivity contribution < 1.29 is 11.3 Å². The molecule has 1 aliphatic carbocycles. The molecule has 0 radical (unpaired) electrons. The lowest BCUT2D eigenvalue weighted by Crippen LogP contribution is -2.09. The van der Waals surface area contributed by atoms with Crippen LogP contribution in [0.5, 0.6) is 0 Å². The average molecular weight is 199 g/mol. The van der Waals surface area contributed by atoms with Crippen LogP contribution < -0.4 is 0 Å². The minimum atomic E-state index is -0.913. The lowest BCUT2D eigenvalue weighted by molar-refractivity contribution is -0.138. The van der Waals surface area contributed by atoms with Gasteiger partial charge in [-0.1, -0.05) is 36.4 Å².